The van der Waals surface area contributed by atoms with Crippen LogP contribution in [0.5, 0.6) is 0 Å². The number of benzene rings is 1. The van der Waals surface area contributed by atoms with Gasteiger partial charge in [-0.1, -0.05) is 24.4 Å². The molecule has 1 aromatic rings. The molecule has 1 fully saturated rings. The zero-order chi connectivity index (χ0) is 15.6. The Morgan fingerprint density at radius 3 is 2.62 bits per heavy atom. The van der Waals surface area contributed by atoms with Crippen molar-refractivity contribution < 1.29 is 18.3 Å². The molecule has 1 aromatic carbocycles. The van der Waals surface area contributed by atoms with Crippen LogP contribution in [-0.4, -0.2) is 37.8 Å². The second-order valence-electron chi connectivity index (χ2n) is 5.35. The largest absolute Gasteiger partial charge is 0.391 e. The van der Waals surface area contributed by atoms with Gasteiger partial charge in [-0.05, 0) is 31.0 Å². The van der Waals surface area contributed by atoms with Crippen molar-refractivity contribution in [2.75, 3.05) is 6.26 Å². The third kappa shape index (κ3) is 3.96. The highest BCUT2D eigenvalue weighted by Crippen LogP contribution is 2.23. The molecule has 5 nitrogen and oxygen atoms in total. The molecule has 0 spiro atoms. The summed E-state index contributed by atoms with van der Waals surface area (Å²) in [5.41, 5.74) is 0.220. The van der Waals surface area contributed by atoms with E-state index in [2.05, 4.69) is 5.32 Å². The molecule has 2 N–H and O–H groups in total. The van der Waals surface area contributed by atoms with Crippen LogP contribution in [0, 0.1) is 0 Å². The molecule has 2 unspecified atom stereocenters. The molecule has 0 aromatic heterocycles. The van der Waals surface area contributed by atoms with E-state index in [1.54, 1.807) is 0 Å². The van der Waals surface area contributed by atoms with Crippen molar-refractivity contribution >= 4 is 27.3 Å². The summed E-state index contributed by atoms with van der Waals surface area (Å²) in [6, 6.07) is 3.84. The molecule has 0 bridgehead atoms. The molecule has 2 rings (SSSR count). The van der Waals surface area contributed by atoms with Crippen LogP contribution in [0.3, 0.4) is 0 Å². The Balaban J connectivity index is 2.20. The molecule has 7 heteroatoms. The lowest BCUT2D eigenvalue weighted by Crippen LogP contribution is -2.45. The van der Waals surface area contributed by atoms with Gasteiger partial charge in [-0.25, -0.2) is 8.42 Å². The summed E-state index contributed by atoms with van der Waals surface area (Å²) >= 11 is 5.85. The fraction of sp³-hybridized carbons (Fsp3) is 0.500. The molecule has 116 valence electrons. The van der Waals surface area contributed by atoms with Gasteiger partial charge in [0.1, 0.15) is 0 Å². The van der Waals surface area contributed by atoms with Crippen molar-refractivity contribution in [1.82, 2.24) is 5.32 Å². The minimum atomic E-state index is -3.49. The highest BCUT2D eigenvalue weighted by molar-refractivity contribution is 7.90. The van der Waals surface area contributed by atoms with E-state index in [0.717, 1.165) is 25.5 Å². The number of carbonyl (C=O) groups excluding carboxylic acids is 1. The van der Waals surface area contributed by atoms with Crippen LogP contribution in [0.25, 0.3) is 0 Å². The Labute approximate surface area is 129 Å². The average Bonchev–Trinajstić information content (AvgIpc) is 2.40. The number of rotatable bonds is 3. The van der Waals surface area contributed by atoms with Crippen molar-refractivity contribution in [3.05, 3.63) is 28.8 Å². The van der Waals surface area contributed by atoms with Gasteiger partial charge in [-0.15, -0.1) is 0 Å². The summed E-state index contributed by atoms with van der Waals surface area (Å²) in [6.07, 6.45) is 3.79. The second-order valence-corrected chi connectivity index (χ2v) is 7.74. The van der Waals surface area contributed by atoms with Gasteiger partial charge in [0.25, 0.3) is 5.91 Å². The van der Waals surface area contributed by atoms with Gasteiger partial charge >= 0.3 is 0 Å². The number of hydrogen-bond acceptors (Lipinski definition) is 4. The maximum Gasteiger partial charge on any atom is 0.251 e. The monoisotopic (exact) mass is 331 g/mol. The van der Waals surface area contributed by atoms with Crippen LogP contribution >= 0.6 is 11.6 Å². The van der Waals surface area contributed by atoms with E-state index in [4.69, 9.17) is 11.6 Å². The van der Waals surface area contributed by atoms with Crippen molar-refractivity contribution in [3.8, 4) is 0 Å². The minimum absolute atomic E-state index is 0.0685. The number of aliphatic hydroxyl groups is 1. The number of hydrogen-bond donors (Lipinski definition) is 2. The van der Waals surface area contributed by atoms with E-state index in [-0.39, 0.29) is 21.5 Å². The molecule has 1 aliphatic carbocycles. The maximum atomic E-state index is 12.2. The van der Waals surface area contributed by atoms with Crippen LogP contribution in [0.1, 0.15) is 36.0 Å². The van der Waals surface area contributed by atoms with Gasteiger partial charge in [0.05, 0.1) is 22.1 Å². The lowest BCUT2D eigenvalue weighted by molar-refractivity contribution is 0.0717. The fourth-order valence-corrected chi connectivity index (χ4v) is 3.76. The van der Waals surface area contributed by atoms with Gasteiger partial charge < -0.3 is 10.4 Å². The fourth-order valence-electron chi connectivity index (χ4n) is 2.46. The summed E-state index contributed by atoms with van der Waals surface area (Å²) in [4.78, 5) is 12.1. The number of sulfone groups is 1. The molecule has 0 aliphatic heterocycles. The number of aliphatic hydroxyl groups excluding tert-OH is 1. The van der Waals surface area contributed by atoms with Crippen molar-refractivity contribution in [3.63, 3.8) is 0 Å². The zero-order valence-electron chi connectivity index (χ0n) is 11.7. The third-order valence-corrected chi connectivity index (χ3v) is 5.22. The lowest BCUT2D eigenvalue weighted by Gasteiger charge is -2.28. The van der Waals surface area contributed by atoms with E-state index in [0.29, 0.717) is 6.42 Å². The number of halogens is 1. The standard InChI is InChI=1S/C14H18ClNO4S/c1-21(19,20)13-8-9(6-7-10(13)15)14(18)16-11-4-2-3-5-12(11)17/h6-8,11-12,17H,2-5H2,1H3,(H,16,18). The Morgan fingerprint density at radius 1 is 1.33 bits per heavy atom. The predicted molar refractivity (Wildman–Crippen MR) is 80.3 cm³/mol. The van der Waals surface area contributed by atoms with Gasteiger partial charge in [0, 0.05) is 11.8 Å². The lowest BCUT2D eigenvalue weighted by atomic mass is 9.92. The number of amides is 1. The predicted octanol–water partition coefficient (Wildman–Crippen LogP) is 1.78. The maximum absolute atomic E-state index is 12.2. The summed E-state index contributed by atoms with van der Waals surface area (Å²) in [5, 5.41) is 12.7. The normalized spacial score (nSPS) is 22.8. The highest BCUT2D eigenvalue weighted by Gasteiger charge is 2.25. The SMILES string of the molecule is CS(=O)(=O)c1cc(C(=O)NC2CCCCC2O)ccc1Cl. The Bertz CT molecular complexity index is 644. The molecule has 0 radical (unpaired) electrons. The molecular formula is C14H18ClNO4S. The van der Waals surface area contributed by atoms with Crippen LogP contribution in [0.4, 0.5) is 0 Å². The second kappa shape index (κ2) is 6.34. The topological polar surface area (TPSA) is 83.5 Å². The average molecular weight is 332 g/mol. The molecule has 1 aliphatic rings. The molecule has 1 amide bonds. The van der Waals surface area contributed by atoms with Crippen LogP contribution in [0.2, 0.25) is 5.02 Å². The summed E-state index contributed by atoms with van der Waals surface area (Å²) in [5.74, 6) is -0.400. The molecule has 0 heterocycles. The van der Waals surface area contributed by atoms with E-state index in [1.165, 1.54) is 18.2 Å². The first kappa shape index (κ1) is 16.3. The molecule has 1 saturated carbocycles. The van der Waals surface area contributed by atoms with E-state index < -0.39 is 21.8 Å². The van der Waals surface area contributed by atoms with Gasteiger partial charge in [0.2, 0.25) is 0 Å². The zero-order valence-corrected chi connectivity index (χ0v) is 13.2. The molecular weight excluding hydrogens is 314 g/mol. The Hall–Kier alpha value is -1.11. The molecule has 2 atom stereocenters. The first-order valence-electron chi connectivity index (χ1n) is 6.77. The van der Waals surface area contributed by atoms with Crippen LogP contribution < -0.4 is 5.32 Å². The van der Waals surface area contributed by atoms with Crippen molar-refractivity contribution in [2.45, 2.75) is 42.7 Å². The van der Waals surface area contributed by atoms with Gasteiger partial charge in [-0.3, -0.25) is 4.79 Å². The van der Waals surface area contributed by atoms with Crippen molar-refractivity contribution in [1.29, 1.82) is 0 Å². The quantitative estimate of drug-likeness (QED) is 0.884. The number of carbonyl (C=O) groups is 1. The first-order chi connectivity index (χ1) is 9.79. The molecule has 0 saturated heterocycles. The summed E-state index contributed by atoms with van der Waals surface area (Å²) in [6.45, 7) is 0. The van der Waals surface area contributed by atoms with Crippen LogP contribution in [0.15, 0.2) is 23.1 Å². The number of nitrogens with one attached hydrogen (secondary N) is 1. The Morgan fingerprint density at radius 2 is 2.00 bits per heavy atom. The van der Waals surface area contributed by atoms with Crippen molar-refractivity contribution in [2.24, 2.45) is 0 Å². The van der Waals surface area contributed by atoms with E-state index >= 15 is 0 Å². The minimum Gasteiger partial charge on any atom is -0.391 e. The smallest absolute Gasteiger partial charge is 0.251 e. The van der Waals surface area contributed by atoms with Crippen LogP contribution in [-0.2, 0) is 9.84 Å². The summed E-state index contributed by atoms with van der Waals surface area (Å²) < 4.78 is 23.2. The third-order valence-electron chi connectivity index (χ3n) is 3.64. The van der Waals surface area contributed by atoms with Gasteiger partial charge in [0.15, 0.2) is 9.84 Å². The first-order valence-corrected chi connectivity index (χ1v) is 9.04. The highest BCUT2D eigenvalue weighted by atomic mass is 35.5. The summed E-state index contributed by atoms with van der Waals surface area (Å²) in [7, 11) is -3.49. The van der Waals surface area contributed by atoms with Gasteiger partial charge in [-0.2, -0.15) is 0 Å². The van der Waals surface area contributed by atoms with E-state index in [9.17, 15) is 18.3 Å². The molecule has 21 heavy (non-hydrogen) atoms. The van der Waals surface area contributed by atoms with E-state index in [1.807, 2.05) is 0 Å². The Kier molecular flexibility index (Phi) is 4.91.